The minimum absolute atomic E-state index is 0.00564. The number of amides is 1. The number of halogens is 1. The number of methoxy groups -OCH3 is 1. The molecule has 2 aromatic carbocycles. The lowest BCUT2D eigenvalue weighted by molar-refractivity contribution is -0.118. The number of nitrogens with one attached hydrogen (secondary N) is 1. The number of carbonyl (C=O) groups excluding carboxylic acids is 1. The fraction of sp³-hybridized carbons (Fsp3) is 0.125. The molecular formula is C24H21BrN6O3S. The van der Waals surface area contributed by atoms with Crippen molar-refractivity contribution in [3.05, 3.63) is 76.5 Å². The number of ether oxygens (including phenoxy) is 1. The van der Waals surface area contributed by atoms with Crippen LogP contribution in [-0.2, 0) is 4.79 Å². The number of hydrazone groups is 1. The molecule has 0 fully saturated rings. The van der Waals surface area contributed by atoms with Gasteiger partial charge in [-0.3, -0.25) is 14.3 Å². The normalized spacial score (nSPS) is 11.1. The molecule has 0 saturated carbocycles. The van der Waals surface area contributed by atoms with Crippen LogP contribution in [0.5, 0.6) is 11.5 Å². The maximum Gasteiger partial charge on any atom is 0.250 e. The average Bonchev–Trinajstić information content (AvgIpc) is 3.29. The highest BCUT2D eigenvalue weighted by Crippen LogP contribution is 2.34. The van der Waals surface area contributed by atoms with Crippen LogP contribution in [0.25, 0.3) is 17.1 Å². The summed E-state index contributed by atoms with van der Waals surface area (Å²) in [5.74, 6) is 0.723. The number of phenolic OH excluding ortho intramolecular Hbond substituents is 1. The van der Waals surface area contributed by atoms with Gasteiger partial charge in [0.15, 0.2) is 22.5 Å². The second kappa shape index (κ2) is 11.2. The van der Waals surface area contributed by atoms with E-state index in [2.05, 4.69) is 41.6 Å². The summed E-state index contributed by atoms with van der Waals surface area (Å²) < 4.78 is 7.49. The lowest BCUT2D eigenvalue weighted by Gasteiger charge is -2.10. The first-order chi connectivity index (χ1) is 17.0. The summed E-state index contributed by atoms with van der Waals surface area (Å²) in [7, 11) is 1.46. The van der Waals surface area contributed by atoms with Crippen molar-refractivity contribution in [3.8, 4) is 28.6 Å². The Balaban J connectivity index is 1.48. The van der Waals surface area contributed by atoms with Crippen LogP contribution in [0.3, 0.4) is 0 Å². The molecule has 11 heteroatoms. The quantitative estimate of drug-likeness (QED) is 0.189. The Bertz CT molecular complexity index is 1360. The monoisotopic (exact) mass is 552 g/mol. The van der Waals surface area contributed by atoms with Crippen molar-refractivity contribution in [2.45, 2.75) is 12.1 Å². The summed E-state index contributed by atoms with van der Waals surface area (Å²) in [6, 6.07) is 15.0. The van der Waals surface area contributed by atoms with Gasteiger partial charge in [-0.2, -0.15) is 5.10 Å². The Labute approximate surface area is 214 Å². The van der Waals surface area contributed by atoms with E-state index < -0.39 is 0 Å². The molecule has 35 heavy (non-hydrogen) atoms. The highest BCUT2D eigenvalue weighted by molar-refractivity contribution is 9.10. The number of rotatable bonds is 8. The lowest BCUT2D eigenvalue weighted by atomic mass is 10.2. The van der Waals surface area contributed by atoms with Gasteiger partial charge in [0.2, 0.25) is 0 Å². The van der Waals surface area contributed by atoms with Crippen molar-refractivity contribution in [2.24, 2.45) is 5.10 Å². The number of pyridine rings is 1. The van der Waals surface area contributed by atoms with E-state index in [1.807, 2.05) is 47.9 Å². The van der Waals surface area contributed by atoms with Gasteiger partial charge in [-0.1, -0.05) is 29.5 Å². The average molecular weight is 553 g/mol. The third-order valence-electron chi connectivity index (χ3n) is 4.87. The van der Waals surface area contributed by atoms with Crippen molar-refractivity contribution in [2.75, 3.05) is 12.9 Å². The Morgan fingerprint density at radius 2 is 1.94 bits per heavy atom. The van der Waals surface area contributed by atoms with Crippen molar-refractivity contribution < 1.29 is 14.6 Å². The van der Waals surface area contributed by atoms with E-state index in [1.165, 1.54) is 25.1 Å². The zero-order chi connectivity index (χ0) is 24.8. The molecule has 0 bridgehead atoms. The molecule has 2 heterocycles. The highest BCUT2D eigenvalue weighted by atomic mass is 79.9. The van der Waals surface area contributed by atoms with Crippen LogP contribution in [0.15, 0.2) is 75.7 Å². The molecule has 4 aromatic rings. The predicted octanol–water partition coefficient (Wildman–Crippen LogP) is 4.36. The highest BCUT2D eigenvalue weighted by Gasteiger charge is 2.17. The SMILES string of the molecule is COc1cc(/C=N\NC(=O)CSc2nnc(-c3ccncc3)n2-c2ccc(C)cc2)cc(Br)c1O. The van der Waals surface area contributed by atoms with E-state index >= 15 is 0 Å². The zero-order valence-corrected chi connectivity index (χ0v) is 21.2. The van der Waals surface area contributed by atoms with Gasteiger partial charge in [-0.15, -0.1) is 10.2 Å². The molecule has 0 aliphatic heterocycles. The van der Waals surface area contributed by atoms with Gasteiger partial charge in [0.05, 0.1) is 23.5 Å². The second-order valence-corrected chi connectivity index (χ2v) is 9.15. The van der Waals surface area contributed by atoms with Crippen LogP contribution < -0.4 is 10.2 Å². The maximum absolute atomic E-state index is 12.4. The summed E-state index contributed by atoms with van der Waals surface area (Å²) in [4.78, 5) is 16.5. The van der Waals surface area contributed by atoms with E-state index in [4.69, 9.17) is 4.74 Å². The van der Waals surface area contributed by atoms with Gasteiger partial charge in [0.1, 0.15) is 0 Å². The molecule has 0 aliphatic carbocycles. The van der Waals surface area contributed by atoms with Crippen LogP contribution in [0.1, 0.15) is 11.1 Å². The topological polar surface area (TPSA) is 115 Å². The maximum atomic E-state index is 12.4. The molecule has 1 amide bonds. The first kappa shape index (κ1) is 24.4. The van der Waals surface area contributed by atoms with Crippen LogP contribution in [0.2, 0.25) is 0 Å². The number of aromatic hydroxyl groups is 1. The smallest absolute Gasteiger partial charge is 0.250 e. The number of benzene rings is 2. The molecule has 178 valence electrons. The number of nitrogens with zero attached hydrogens (tertiary/aromatic N) is 5. The Kier molecular flexibility index (Phi) is 7.78. The molecule has 0 aliphatic rings. The second-order valence-electron chi connectivity index (χ2n) is 7.35. The number of hydrogen-bond acceptors (Lipinski definition) is 8. The van der Waals surface area contributed by atoms with Crippen molar-refractivity contribution in [1.29, 1.82) is 0 Å². The van der Waals surface area contributed by atoms with Crippen LogP contribution in [0.4, 0.5) is 0 Å². The standard InChI is InChI=1S/C24H21BrN6O3S/c1-15-3-5-18(6-4-15)31-23(17-7-9-26-10-8-17)29-30-24(31)35-14-21(32)28-27-13-16-11-19(25)22(33)20(12-16)34-2/h3-13,33H,14H2,1-2H3,(H,28,32)/b27-13-. The molecule has 0 unspecified atom stereocenters. The van der Waals surface area contributed by atoms with Gasteiger partial charge in [0.25, 0.3) is 5.91 Å². The summed E-state index contributed by atoms with van der Waals surface area (Å²) in [5, 5.41) is 23.2. The van der Waals surface area contributed by atoms with Crippen LogP contribution >= 0.6 is 27.7 Å². The first-order valence-electron chi connectivity index (χ1n) is 10.4. The van der Waals surface area contributed by atoms with E-state index in [1.54, 1.807) is 24.5 Å². The number of carbonyl (C=O) groups is 1. The summed E-state index contributed by atoms with van der Waals surface area (Å²) in [6.07, 6.45) is 4.86. The minimum atomic E-state index is -0.306. The van der Waals surface area contributed by atoms with Gasteiger partial charge in [-0.25, -0.2) is 5.43 Å². The molecular weight excluding hydrogens is 532 g/mol. The van der Waals surface area contributed by atoms with Gasteiger partial charge in [0, 0.05) is 23.6 Å². The largest absolute Gasteiger partial charge is 0.503 e. The van der Waals surface area contributed by atoms with E-state index in [0.29, 0.717) is 26.8 Å². The molecule has 2 N–H and O–H groups in total. The molecule has 0 radical (unpaired) electrons. The van der Waals surface area contributed by atoms with Gasteiger partial charge in [-0.05, 0) is 64.8 Å². The first-order valence-corrected chi connectivity index (χ1v) is 12.2. The summed E-state index contributed by atoms with van der Waals surface area (Å²) in [6.45, 7) is 2.02. The Morgan fingerprint density at radius 1 is 1.20 bits per heavy atom. The summed E-state index contributed by atoms with van der Waals surface area (Å²) in [5.41, 5.74) is 6.03. The van der Waals surface area contributed by atoms with E-state index in [9.17, 15) is 9.90 Å². The predicted molar refractivity (Wildman–Crippen MR) is 138 cm³/mol. The molecule has 9 nitrogen and oxygen atoms in total. The van der Waals surface area contributed by atoms with Gasteiger partial charge < -0.3 is 9.84 Å². The van der Waals surface area contributed by atoms with Crippen LogP contribution in [-0.4, -0.2) is 49.8 Å². The number of aromatic nitrogens is 4. The van der Waals surface area contributed by atoms with Crippen molar-refractivity contribution in [1.82, 2.24) is 25.2 Å². The molecule has 2 aromatic heterocycles. The van der Waals surface area contributed by atoms with E-state index in [-0.39, 0.29) is 17.4 Å². The molecule has 0 saturated heterocycles. The minimum Gasteiger partial charge on any atom is -0.503 e. The van der Waals surface area contributed by atoms with Gasteiger partial charge >= 0.3 is 0 Å². The van der Waals surface area contributed by atoms with Crippen molar-refractivity contribution in [3.63, 3.8) is 0 Å². The van der Waals surface area contributed by atoms with E-state index in [0.717, 1.165) is 16.8 Å². The zero-order valence-electron chi connectivity index (χ0n) is 18.8. The number of phenols is 1. The fourth-order valence-corrected chi connectivity index (χ4v) is 4.35. The Hall–Kier alpha value is -3.70. The third kappa shape index (κ3) is 5.87. The third-order valence-corrected chi connectivity index (χ3v) is 6.40. The molecule has 0 atom stereocenters. The van der Waals surface area contributed by atoms with Crippen LogP contribution in [0, 0.1) is 6.92 Å². The number of thioether (sulfide) groups is 1. The number of hydrogen-bond donors (Lipinski definition) is 2. The summed E-state index contributed by atoms with van der Waals surface area (Å²) >= 11 is 4.51. The molecule has 4 rings (SSSR count). The lowest BCUT2D eigenvalue weighted by Crippen LogP contribution is -2.20. The van der Waals surface area contributed by atoms with Crippen molar-refractivity contribution >= 4 is 39.8 Å². The fourth-order valence-electron chi connectivity index (χ4n) is 3.14. The number of aryl methyl sites for hydroxylation is 1. The molecule has 0 spiro atoms. The Morgan fingerprint density at radius 3 is 2.66 bits per heavy atom.